The van der Waals surface area contributed by atoms with Crippen molar-refractivity contribution in [1.29, 1.82) is 0 Å². The fraction of sp³-hybridized carbons (Fsp3) is 1.00. The van der Waals surface area contributed by atoms with Crippen LogP contribution in [0, 0.1) is 52.3 Å². The molecule has 0 bridgehead atoms. The van der Waals surface area contributed by atoms with E-state index >= 15 is 0 Å². The van der Waals surface area contributed by atoms with Gasteiger partial charge in [0.15, 0.2) is 30.9 Å². The summed E-state index contributed by atoms with van der Waals surface area (Å²) in [5.41, 5.74) is -0.460. The first-order chi connectivity index (χ1) is 35.1. The van der Waals surface area contributed by atoms with Crippen LogP contribution in [0.15, 0.2) is 0 Å². The molecule has 426 valence electrons. The van der Waals surface area contributed by atoms with E-state index in [9.17, 15) is 71.5 Å². The van der Waals surface area contributed by atoms with Gasteiger partial charge in [-0.15, -0.1) is 0 Å². The fourth-order valence-electron chi connectivity index (χ4n) is 16.0. The van der Waals surface area contributed by atoms with Crippen LogP contribution in [0.4, 0.5) is 0 Å². The van der Waals surface area contributed by atoms with Gasteiger partial charge in [0.2, 0.25) is 0 Å². The van der Waals surface area contributed by atoms with Gasteiger partial charge in [0.25, 0.3) is 0 Å². The Morgan fingerprint density at radius 1 is 0.500 bits per heavy atom. The molecule has 0 aromatic rings. The number of aliphatic hydroxyl groups is 14. The van der Waals surface area contributed by atoms with Crippen molar-refractivity contribution >= 4 is 0 Å². The van der Waals surface area contributed by atoms with Crippen molar-refractivity contribution < 1.29 is 119 Å². The van der Waals surface area contributed by atoms with E-state index in [1.165, 1.54) is 0 Å². The number of aliphatic hydroxyl groups excluding tert-OH is 14. The number of hydrogen-bond acceptors (Lipinski definition) is 24. The van der Waals surface area contributed by atoms with Crippen molar-refractivity contribution in [2.24, 2.45) is 52.3 Å². The molecule has 4 aliphatic carbocycles. The van der Waals surface area contributed by atoms with E-state index in [4.69, 9.17) is 47.4 Å². The Bertz CT molecular complexity index is 1900. The molecular formula is C50H82O24. The molecule has 0 aromatic heterocycles. The van der Waals surface area contributed by atoms with E-state index in [0.717, 1.165) is 32.1 Å². The third kappa shape index (κ3) is 9.45. The minimum Gasteiger partial charge on any atom is -0.394 e. The monoisotopic (exact) mass is 1070 g/mol. The van der Waals surface area contributed by atoms with Crippen LogP contribution in [-0.2, 0) is 47.4 Å². The van der Waals surface area contributed by atoms with E-state index < -0.39 is 173 Å². The lowest BCUT2D eigenvalue weighted by Gasteiger charge is -2.63. The fourth-order valence-corrected chi connectivity index (χ4v) is 16.0. The Morgan fingerprint density at radius 3 is 1.81 bits per heavy atom. The van der Waals surface area contributed by atoms with E-state index in [1.807, 2.05) is 0 Å². The van der Waals surface area contributed by atoms with Crippen molar-refractivity contribution in [2.75, 3.05) is 33.0 Å². The second-order valence-electron chi connectivity index (χ2n) is 24.2. The van der Waals surface area contributed by atoms with Gasteiger partial charge in [0, 0.05) is 12.3 Å². The van der Waals surface area contributed by atoms with Gasteiger partial charge in [-0.3, -0.25) is 0 Å². The number of rotatable bonds is 11. The third-order valence-electron chi connectivity index (χ3n) is 20.0. The zero-order valence-corrected chi connectivity index (χ0v) is 42.4. The maximum absolute atomic E-state index is 12.1. The lowest BCUT2D eigenvalue weighted by Crippen LogP contribution is -2.68. The maximum Gasteiger partial charge on any atom is 0.187 e. The molecule has 14 N–H and O–H groups in total. The summed E-state index contributed by atoms with van der Waals surface area (Å²) in [6, 6.07) is 0. The molecule has 24 nitrogen and oxygen atoms in total. The minimum absolute atomic E-state index is 0.00497. The summed E-state index contributed by atoms with van der Waals surface area (Å²) < 4.78 is 60.9. The predicted octanol–water partition coefficient (Wildman–Crippen LogP) is -4.33. The number of ether oxygens (including phenoxy) is 10. The van der Waals surface area contributed by atoms with Gasteiger partial charge in [-0.25, -0.2) is 0 Å². The van der Waals surface area contributed by atoms with E-state index in [1.54, 1.807) is 0 Å². The van der Waals surface area contributed by atoms with Crippen molar-refractivity contribution in [1.82, 2.24) is 0 Å². The highest BCUT2D eigenvalue weighted by Crippen LogP contribution is 2.71. The van der Waals surface area contributed by atoms with Crippen molar-refractivity contribution in [2.45, 2.75) is 226 Å². The van der Waals surface area contributed by atoms with Crippen LogP contribution in [0.5, 0.6) is 0 Å². The van der Waals surface area contributed by atoms with Gasteiger partial charge in [0.05, 0.1) is 57.5 Å². The highest BCUT2D eigenvalue weighted by atomic mass is 16.8. The van der Waals surface area contributed by atoms with Gasteiger partial charge in [-0.1, -0.05) is 27.7 Å². The molecule has 10 rings (SSSR count). The summed E-state index contributed by atoms with van der Waals surface area (Å²) in [5.74, 6) is 0.989. The SMILES string of the molecule is CC1C2C(C[C@H]3[C@@H]4C[C@H](O)[C@H]5C[C@@H](O[C@@H]6O[C@H](CO)[C@H](O[C@@H]7O[C@H](CO)[C@@H](O)[C@H](O[C@@H]8OC[C@@H](O)[C@H](O)[C@H]8O)[C@H]7O[C@@H]7O[C@H](CO)[C@@H](O)[C@H](O)[C@H]7O)[C@H](O)[C@H]6O)[C@H](O)C[C@]5(C)[C@H]4CC[C@]23C)O[C@]12CC[C@@H](C)CO2. The normalized spacial score (nSPS) is 58.6. The largest absolute Gasteiger partial charge is 0.394 e. The molecule has 4 saturated carbocycles. The van der Waals surface area contributed by atoms with Crippen LogP contribution in [-0.4, -0.2) is 251 Å². The molecule has 6 aliphatic heterocycles. The molecule has 74 heavy (non-hydrogen) atoms. The Hall–Kier alpha value is -0.960. The first kappa shape index (κ1) is 56.3. The van der Waals surface area contributed by atoms with Gasteiger partial charge < -0.3 is 119 Å². The van der Waals surface area contributed by atoms with Crippen LogP contribution in [0.25, 0.3) is 0 Å². The molecule has 24 heteroatoms. The summed E-state index contributed by atoms with van der Waals surface area (Å²) >= 11 is 0. The molecule has 10 aliphatic rings. The molecule has 0 amide bonds. The smallest absolute Gasteiger partial charge is 0.187 e. The molecule has 0 aromatic carbocycles. The maximum atomic E-state index is 12.1. The van der Waals surface area contributed by atoms with Crippen molar-refractivity contribution in [3.05, 3.63) is 0 Å². The van der Waals surface area contributed by atoms with E-state index in [0.29, 0.717) is 30.8 Å². The quantitative estimate of drug-likeness (QED) is 0.0870. The lowest BCUT2D eigenvalue weighted by molar-refractivity contribution is -0.404. The van der Waals surface area contributed by atoms with Crippen molar-refractivity contribution in [3.63, 3.8) is 0 Å². The summed E-state index contributed by atoms with van der Waals surface area (Å²) in [4.78, 5) is 0. The molecule has 3 unspecified atom stereocenters. The highest BCUT2D eigenvalue weighted by molar-refractivity contribution is 5.17. The molecule has 0 radical (unpaired) electrons. The van der Waals surface area contributed by atoms with Crippen LogP contribution in [0.2, 0.25) is 0 Å². The zero-order valence-electron chi connectivity index (χ0n) is 42.4. The van der Waals surface area contributed by atoms with Crippen LogP contribution >= 0.6 is 0 Å². The first-order valence-corrected chi connectivity index (χ1v) is 26.9. The summed E-state index contributed by atoms with van der Waals surface area (Å²) in [6.07, 6.45) is -31.1. The summed E-state index contributed by atoms with van der Waals surface area (Å²) in [7, 11) is 0. The van der Waals surface area contributed by atoms with Crippen LogP contribution in [0.1, 0.15) is 79.1 Å². The Kier molecular flexibility index (Phi) is 16.4. The Morgan fingerprint density at radius 2 is 1.12 bits per heavy atom. The topological polar surface area (TPSA) is 376 Å². The van der Waals surface area contributed by atoms with Crippen LogP contribution in [0.3, 0.4) is 0 Å². The van der Waals surface area contributed by atoms with E-state index in [-0.39, 0.29) is 48.0 Å². The second-order valence-corrected chi connectivity index (χ2v) is 24.2. The van der Waals surface area contributed by atoms with Gasteiger partial charge >= 0.3 is 0 Å². The molecule has 6 heterocycles. The molecule has 33 atom stereocenters. The molecule has 10 fully saturated rings. The van der Waals surface area contributed by atoms with Gasteiger partial charge in [0.1, 0.15) is 91.6 Å². The first-order valence-electron chi connectivity index (χ1n) is 26.9. The molecular weight excluding hydrogens is 985 g/mol. The highest BCUT2D eigenvalue weighted by Gasteiger charge is 2.70. The van der Waals surface area contributed by atoms with Gasteiger partial charge in [-0.2, -0.15) is 0 Å². The minimum atomic E-state index is -2.04. The summed E-state index contributed by atoms with van der Waals surface area (Å²) in [6.45, 7) is 6.60. The summed E-state index contributed by atoms with van der Waals surface area (Å²) in [5, 5.41) is 153. The van der Waals surface area contributed by atoms with E-state index in [2.05, 4.69) is 27.7 Å². The molecule has 1 spiro atoms. The Labute approximate surface area is 429 Å². The van der Waals surface area contributed by atoms with Crippen molar-refractivity contribution in [3.8, 4) is 0 Å². The van der Waals surface area contributed by atoms with Crippen LogP contribution < -0.4 is 0 Å². The Balaban J connectivity index is 0.834. The zero-order chi connectivity index (χ0) is 53.1. The number of fused-ring (bicyclic) bond motifs is 7. The molecule has 6 saturated heterocycles. The lowest BCUT2D eigenvalue weighted by atomic mass is 9.43. The second kappa shape index (κ2) is 21.5. The predicted molar refractivity (Wildman–Crippen MR) is 245 cm³/mol. The average Bonchev–Trinajstić information content (AvgIpc) is 3.86. The number of hydrogen-bond donors (Lipinski definition) is 14. The average molecular weight is 1070 g/mol. The van der Waals surface area contributed by atoms with Gasteiger partial charge in [-0.05, 0) is 91.3 Å². The third-order valence-corrected chi connectivity index (χ3v) is 20.0. The standard InChI is InChI=1S/C50H82O24/c1-18-5-8-50(66-16-18)19(2)32-28(74-50)10-22-20-9-24(54)23-11-27(25(55)12-49(23,4)21(20)6-7-48(22,32)3)67-45-40(64)37(61)41(31(15-53)70-45)71-47-43(73-46-39(63)36(60)34(58)29(13-51)68-46)42(35(59)30(14-52)69-47)72-44-38(62)33(57)26(56)17-65-44/h18-47,51-64H,5-17H2,1-4H3/t18-,19?,20-,21+,22+,23-,24+,25-,26-,27-,28?,29-,30-,31-,32?,33+,34-,35-,36+,37-,38-,39-,40-,41+,42+,43-,44+,45-,46+,47+,48+,49-,50-/m1/s1.